The number of hydrogen-bond acceptors (Lipinski definition) is 4. The maximum Gasteiger partial charge on any atom is 0.256 e. The highest BCUT2D eigenvalue weighted by Crippen LogP contribution is 2.17. The summed E-state index contributed by atoms with van der Waals surface area (Å²) in [6.07, 6.45) is 1.39. The number of carbonyl (C=O) groups is 1. The first-order chi connectivity index (χ1) is 8.60. The molecule has 2 N–H and O–H groups in total. The molecule has 0 aliphatic rings. The van der Waals surface area contributed by atoms with E-state index >= 15 is 0 Å². The van der Waals surface area contributed by atoms with E-state index in [-0.39, 0.29) is 11.1 Å². The predicted molar refractivity (Wildman–Crippen MR) is 71.7 cm³/mol. The molecular weight excluding hydrogens is 254 g/mol. The molecule has 1 amide bonds. The van der Waals surface area contributed by atoms with Crippen molar-refractivity contribution in [3.8, 4) is 0 Å². The van der Waals surface area contributed by atoms with E-state index in [0.717, 1.165) is 0 Å². The highest BCUT2D eigenvalue weighted by Gasteiger charge is 2.17. The molecule has 100 valence electrons. The zero-order chi connectivity index (χ0) is 13.5. The van der Waals surface area contributed by atoms with Gasteiger partial charge in [0.1, 0.15) is 5.15 Å². The minimum atomic E-state index is -0.154. The van der Waals surface area contributed by atoms with E-state index in [2.05, 4.69) is 4.98 Å². The van der Waals surface area contributed by atoms with E-state index in [0.29, 0.717) is 37.6 Å². The Labute approximate surface area is 112 Å². The minimum Gasteiger partial charge on any atom is -0.397 e. The second-order valence-corrected chi connectivity index (χ2v) is 4.06. The first kappa shape index (κ1) is 14.7. The van der Waals surface area contributed by atoms with Crippen LogP contribution in [0.2, 0.25) is 5.15 Å². The molecule has 0 saturated heterocycles. The van der Waals surface area contributed by atoms with Gasteiger partial charge < -0.3 is 15.4 Å². The van der Waals surface area contributed by atoms with Gasteiger partial charge in [-0.2, -0.15) is 0 Å². The van der Waals surface area contributed by atoms with Crippen molar-refractivity contribution in [3.05, 3.63) is 23.0 Å². The van der Waals surface area contributed by atoms with Gasteiger partial charge in [0, 0.05) is 19.7 Å². The summed E-state index contributed by atoms with van der Waals surface area (Å²) in [6, 6.07) is 1.49. The number of carbonyl (C=O) groups excluding carboxylic acids is 1. The van der Waals surface area contributed by atoms with Crippen molar-refractivity contribution in [1.82, 2.24) is 9.88 Å². The summed E-state index contributed by atoms with van der Waals surface area (Å²) in [7, 11) is 0. The van der Waals surface area contributed by atoms with Crippen LogP contribution in [0.4, 0.5) is 5.69 Å². The molecule has 0 unspecified atom stereocenters. The number of nitrogen functional groups attached to an aromatic ring is 1. The number of nitrogens with two attached hydrogens (primary N) is 1. The van der Waals surface area contributed by atoms with Crippen molar-refractivity contribution in [2.75, 3.05) is 32.0 Å². The number of pyridine rings is 1. The standard InChI is InChI=1S/C12H18ClN3O2/c1-3-16(5-6-18-4-2)12(17)9-7-11(13)15-8-10(9)14/h7-8H,3-6,14H2,1-2H3. The Hall–Kier alpha value is -1.33. The number of likely N-dealkylation sites (N-methyl/N-ethyl adjacent to an activating group) is 1. The summed E-state index contributed by atoms with van der Waals surface area (Å²) in [5.41, 5.74) is 6.45. The molecule has 0 aliphatic heterocycles. The van der Waals surface area contributed by atoms with Crippen molar-refractivity contribution < 1.29 is 9.53 Å². The molecule has 1 heterocycles. The van der Waals surface area contributed by atoms with Gasteiger partial charge in [-0.25, -0.2) is 4.98 Å². The molecule has 1 rings (SSSR count). The number of hydrogen-bond donors (Lipinski definition) is 1. The fourth-order valence-corrected chi connectivity index (χ4v) is 1.68. The summed E-state index contributed by atoms with van der Waals surface area (Å²) in [6.45, 7) is 6.08. The van der Waals surface area contributed by atoms with Crippen LogP contribution in [-0.4, -0.2) is 42.1 Å². The zero-order valence-corrected chi connectivity index (χ0v) is 11.4. The van der Waals surface area contributed by atoms with Crippen LogP contribution in [0, 0.1) is 0 Å². The minimum absolute atomic E-state index is 0.154. The molecule has 5 nitrogen and oxygen atoms in total. The number of halogens is 1. The van der Waals surface area contributed by atoms with Crippen LogP contribution in [0.25, 0.3) is 0 Å². The third-order valence-electron chi connectivity index (χ3n) is 2.51. The Morgan fingerprint density at radius 1 is 1.56 bits per heavy atom. The number of amides is 1. The summed E-state index contributed by atoms with van der Waals surface area (Å²) in [4.78, 5) is 17.7. The van der Waals surface area contributed by atoms with Crippen molar-refractivity contribution in [2.45, 2.75) is 13.8 Å². The van der Waals surface area contributed by atoms with Gasteiger partial charge >= 0.3 is 0 Å². The molecular formula is C12H18ClN3O2. The number of rotatable bonds is 6. The molecule has 18 heavy (non-hydrogen) atoms. The van der Waals surface area contributed by atoms with Crippen LogP contribution in [-0.2, 0) is 4.74 Å². The molecule has 0 spiro atoms. The van der Waals surface area contributed by atoms with Gasteiger partial charge in [-0.1, -0.05) is 11.6 Å². The van der Waals surface area contributed by atoms with E-state index in [1.807, 2.05) is 13.8 Å². The molecule has 0 atom stereocenters. The van der Waals surface area contributed by atoms with Crippen molar-refractivity contribution in [3.63, 3.8) is 0 Å². The molecule has 0 aromatic carbocycles. The van der Waals surface area contributed by atoms with Gasteiger partial charge in [-0.15, -0.1) is 0 Å². The predicted octanol–water partition coefficient (Wildman–Crippen LogP) is 1.82. The number of anilines is 1. The normalized spacial score (nSPS) is 10.4. The molecule has 1 aromatic heterocycles. The summed E-state index contributed by atoms with van der Waals surface area (Å²) in [5.74, 6) is -0.154. The van der Waals surface area contributed by atoms with E-state index < -0.39 is 0 Å². The fourth-order valence-electron chi connectivity index (χ4n) is 1.52. The van der Waals surface area contributed by atoms with Crippen molar-refractivity contribution in [1.29, 1.82) is 0 Å². The Kier molecular flexibility index (Phi) is 5.88. The number of aromatic nitrogens is 1. The van der Waals surface area contributed by atoms with Crippen molar-refractivity contribution >= 4 is 23.2 Å². The smallest absolute Gasteiger partial charge is 0.256 e. The molecule has 0 fully saturated rings. The van der Waals surface area contributed by atoms with E-state index in [1.165, 1.54) is 12.3 Å². The monoisotopic (exact) mass is 271 g/mol. The summed E-state index contributed by atoms with van der Waals surface area (Å²) < 4.78 is 5.24. The Morgan fingerprint density at radius 2 is 2.28 bits per heavy atom. The van der Waals surface area contributed by atoms with Gasteiger partial charge in [0.25, 0.3) is 5.91 Å². The van der Waals surface area contributed by atoms with Gasteiger partial charge in [-0.3, -0.25) is 4.79 Å². The molecule has 0 bridgehead atoms. The van der Waals surface area contributed by atoms with Crippen LogP contribution in [0.15, 0.2) is 12.3 Å². The summed E-state index contributed by atoms with van der Waals surface area (Å²) >= 11 is 5.77. The first-order valence-electron chi connectivity index (χ1n) is 5.88. The topological polar surface area (TPSA) is 68.5 Å². The average molecular weight is 272 g/mol. The molecule has 0 aliphatic carbocycles. The first-order valence-corrected chi connectivity index (χ1v) is 6.26. The highest BCUT2D eigenvalue weighted by molar-refractivity contribution is 6.29. The lowest BCUT2D eigenvalue weighted by Crippen LogP contribution is -2.34. The van der Waals surface area contributed by atoms with E-state index in [4.69, 9.17) is 22.1 Å². The van der Waals surface area contributed by atoms with Gasteiger partial charge in [0.15, 0.2) is 0 Å². The number of ether oxygens (including phenoxy) is 1. The lowest BCUT2D eigenvalue weighted by Gasteiger charge is -2.21. The quantitative estimate of drug-likeness (QED) is 0.633. The molecule has 1 aromatic rings. The van der Waals surface area contributed by atoms with E-state index in [1.54, 1.807) is 4.90 Å². The van der Waals surface area contributed by atoms with Crippen LogP contribution in [0.1, 0.15) is 24.2 Å². The van der Waals surface area contributed by atoms with Gasteiger partial charge in [-0.05, 0) is 19.9 Å². The van der Waals surface area contributed by atoms with Crippen LogP contribution >= 0.6 is 11.6 Å². The van der Waals surface area contributed by atoms with Gasteiger partial charge in [0.05, 0.1) is 24.1 Å². The maximum atomic E-state index is 12.2. The highest BCUT2D eigenvalue weighted by atomic mass is 35.5. The molecule has 0 saturated carbocycles. The Balaban J connectivity index is 2.79. The second kappa shape index (κ2) is 7.18. The zero-order valence-electron chi connectivity index (χ0n) is 10.6. The lowest BCUT2D eigenvalue weighted by molar-refractivity contribution is 0.0670. The van der Waals surface area contributed by atoms with Crippen LogP contribution in [0.5, 0.6) is 0 Å². The lowest BCUT2D eigenvalue weighted by atomic mass is 10.2. The van der Waals surface area contributed by atoms with Crippen molar-refractivity contribution in [2.24, 2.45) is 0 Å². The second-order valence-electron chi connectivity index (χ2n) is 3.68. The third kappa shape index (κ3) is 3.85. The third-order valence-corrected chi connectivity index (χ3v) is 2.72. The van der Waals surface area contributed by atoms with Crippen LogP contribution in [0.3, 0.4) is 0 Å². The molecule has 0 radical (unpaired) electrons. The maximum absolute atomic E-state index is 12.2. The average Bonchev–Trinajstić information content (AvgIpc) is 2.37. The fraction of sp³-hybridized carbons (Fsp3) is 0.500. The van der Waals surface area contributed by atoms with Crippen LogP contribution < -0.4 is 5.73 Å². The van der Waals surface area contributed by atoms with Gasteiger partial charge in [0.2, 0.25) is 0 Å². The molecule has 6 heteroatoms. The number of nitrogens with zero attached hydrogens (tertiary/aromatic N) is 2. The Bertz CT molecular complexity index is 412. The SMILES string of the molecule is CCOCCN(CC)C(=O)c1cc(Cl)ncc1N. The largest absolute Gasteiger partial charge is 0.397 e. The van der Waals surface area contributed by atoms with E-state index in [9.17, 15) is 4.79 Å². The summed E-state index contributed by atoms with van der Waals surface area (Å²) in [5, 5.41) is 0.258. The Morgan fingerprint density at radius 3 is 2.89 bits per heavy atom.